The van der Waals surface area contributed by atoms with E-state index in [1.54, 1.807) is 0 Å². The first kappa shape index (κ1) is 34.9. The Morgan fingerprint density at radius 3 is 1.64 bits per heavy atom. The number of benzene rings is 2. The lowest BCUT2D eigenvalue weighted by Gasteiger charge is -2.23. The zero-order valence-electron chi connectivity index (χ0n) is 26.7. The highest BCUT2D eigenvalue weighted by atomic mass is 16.6. The van der Waals surface area contributed by atoms with E-state index < -0.39 is 11.2 Å². The highest BCUT2D eigenvalue weighted by Gasteiger charge is 2.17. The lowest BCUT2D eigenvalue weighted by Crippen LogP contribution is -2.34. The van der Waals surface area contributed by atoms with Crippen LogP contribution in [0.5, 0.6) is 0 Å². The van der Waals surface area contributed by atoms with E-state index in [9.17, 15) is 14.4 Å². The number of rotatable bonds is 16. The van der Waals surface area contributed by atoms with Crippen LogP contribution in [-0.4, -0.2) is 60.4 Å². The molecular weight excluding hydrogens is 530 g/mol. The van der Waals surface area contributed by atoms with Gasteiger partial charge in [0.15, 0.2) is 0 Å². The first-order valence-electron chi connectivity index (χ1n) is 15.5. The number of carbonyl (C=O) groups is 3. The first-order valence-corrected chi connectivity index (χ1v) is 15.5. The van der Waals surface area contributed by atoms with Gasteiger partial charge in [-0.3, -0.25) is 4.79 Å². The third-order valence-electron chi connectivity index (χ3n) is 6.62. The largest absolute Gasteiger partial charge is 0.444 e. The summed E-state index contributed by atoms with van der Waals surface area (Å²) in [5.41, 5.74) is 0.0659. The molecule has 2 rings (SSSR count). The van der Waals surface area contributed by atoms with Gasteiger partial charge in [0.05, 0.1) is 6.42 Å². The molecule has 0 unspecified atom stereocenters. The summed E-state index contributed by atoms with van der Waals surface area (Å²) in [5, 5.41) is 7.89. The van der Waals surface area contributed by atoms with Crippen LogP contribution in [0.2, 0.25) is 0 Å². The molecule has 0 bridgehead atoms. The maximum Gasteiger partial charge on any atom is 0.407 e. The molecule has 0 fully saturated rings. The fourth-order valence-electron chi connectivity index (χ4n) is 4.65. The van der Waals surface area contributed by atoms with Gasteiger partial charge in [-0.15, -0.1) is 0 Å². The molecule has 234 valence electrons. The standard InChI is InChI=1S/C34H53N3O5/c1-33(2,3)41-31(39)35-22-13-7-9-15-24-37(25-16-10-8-14-23-36-32(40)42-34(4,5)6)30(38)26-28-20-17-19-27-18-11-12-21-29(27)28/h11-12,17-21H,7-10,13-16,22-26H2,1-6H3,(H,35,39)(H,36,40). The zero-order valence-corrected chi connectivity index (χ0v) is 26.7. The van der Waals surface area contributed by atoms with E-state index in [1.807, 2.05) is 70.7 Å². The summed E-state index contributed by atoms with van der Waals surface area (Å²) in [7, 11) is 0. The molecule has 2 aromatic carbocycles. The molecule has 2 aromatic rings. The predicted molar refractivity (Wildman–Crippen MR) is 170 cm³/mol. The van der Waals surface area contributed by atoms with Crippen LogP contribution in [0.1, 0.15) is 98.5 Å². The van der Waals surface area contributed by atoms with Gasteiger partial charge in [0, 0.05) is 26.2 Å². The van der Waals surface area contributed by atoms with E-state index in [0.29, 0.717) is 19.5 Å². The Hall–Kier alpha value is -3.29. The third-order valence-corrected chi connectivity index (χ3v) is 6.62. The lowest BCUT2D eigenvalue weighted by atomic mass is 10.0. The average molecular weight is 584 g/mol. The SMILES string of the molecule is CC(C)(C)OC(=O)NCCCCCCN(CCCCCCNC(=O)OC(C)(C)C)C(=O)Cc1cccc2ccccc12. The maximum absolute atomic E-state index is 13.5. The summed E-state index contributed by atoms with van der Waals surface area (Å²) in [6.45, 7) is 13.7. The van der Waals surface area contributed by atoms with Gasteiger partial charge < -0.3 is 25.0 Å². The van der Waals surface area contributed by atoms with Crippen molar-refractivity contribution in [2.24, 2.45) is 0 Å². The molecule has 0 saturated heterocycles. The molecular formula is C34H53N3O5. The second-order valence-electron chi connectivity index (χ2n) is 12.9. The molecule has 0 atom stereocenters. The normalized spacial score (nSPS) is 11.7. The summed E-state index contributed by atoms with van der Waals surface area (Å²) < 4.78 is 10.6. The molecule has 0 radical (unpaired) electrons. The number of nitrogens with one attached hydrogen (secondary N) is 2. The van der Waals surface area contributed by atoms with E-state index in [1.165, 1.54) is 0 Å². The van der Waals surface area contributed by atoms with Gasteiger partial charge in [0.1, 0.15) is 11.2 Å². The number of unbranched alkanes of at least 4 members (excludes halogenated alkanes) is 6. The van der Waals surface area contributed by atoms with Gasteiger partial charge in [-0.25, -0.2) is 9.59 Å². The molecule has 42 heavy (non-hydrogen) atoms. The topological polar surface area (TPSA) is 97.0 Å². The number of nitrogens with zero attached hydrogens (tertiary/aromatic N) is 1. The molecule has 8 heteroatoms. The van der Waals surface area contributed by atoms with Crippen LogP contribution in [0.3, 0.4) is 0 Å². The van der Waals surface area contributed by atoms with Crippen molar-refractivity contribution >= 4 is 28.9 Å². The quantitative estimate of drug-likeness (QED) is 0.201. The van der Waals surface area contributed by atoms with Crippen LogP contribution in [0.25, 0.3) is 10.8 Å². The Bertz CT molecular complexity index is 1070. The van der Waals surface area contributed by atoms with Crippen molar-refractivity contribution in [1.82, 2.24) is 15.5 Å². The number of alkyl carbamates (subject to hydrolysis) is 2. The molecule has 8 nitrogen and oxygen atoms in total. The van der Waals surface area contributed by atoms with Crippen molar-refractivity contribution < 1.29 is 23.9 Å². The molecule has 0 aliphatic heterocycles. The summed E-state index contributed by atoms with van der Waals surface area (Å²) in [6, 6.07) is 14.3. The Kier molecular flexibility index (Phi) is 14.6. The first-order chi connectivity index (χ1) is 19.8. The van der Waals surface area contributed by atoms with Crippen LogP contribution >= 0.6 is 0 Å². The fourth-order valence-corrected chi connectivity index (χ4v) is 4.65. The lowest BCUT2D eigenvalue weighted by molar-refractivity contribution is -0.130. The summed E-state index contributed by atoms with van der Waals surface area (Å²) in [6.07, 6.45) is 7.16. The molecule has 0 spiro atoms. The van der Waals surface area contributed by atoms with Crippen molar-refractivity contribution in [3.63, 3.8) is 0 Å². The second-order valence-corrected chi connectivity index (χ2v) is 12.9. The molecule has 2 N–H and O–H groups in total. The van der Waals surface area contributed by atoms with Crippen molar-refractivity contribution in [1.29, 1.82) is 0 Å². The van der Waals surface area contributed by atoms with Crippen molar-refractivity contribution in [2.45, 2.75) is 111 Å². The van der Waals surface area contributed by atoms with Crippen molar-refractivity contribution in [3.8, 4) is 0 Å². The minimum atomic E-state index is -0.497. The smallest absolute Gasteiger partial charge is 0.407 e. The minimum absolute atomic E-state index is 0.157. The predicted octanol–water partition coefficient (Wildman–Crippen LogP) is 7.38. The van der Waals surface area contributed by atoms with Gasteiger partial charge in [-0.1, -0.05) is 68.1 Å². The molecule has 0 aliphatic carbocycles. The van der Waals surface area contributed by atoms with E-state index in [2.05, 4.69) is 28.8 Å². The maximum atomic E-state index is 13.5. The summed E-state index contributed by atoms with van der Waals surface area (Å²) in [5.74, 6) is 0.157. The van der Waals surface area contributed by atoms with Crippen LogP contribution in [0.4, 0.5) is 9.59 Å². The molecule has 0 aromatic heterocycles. The molecule has 0 saturated carbocycles. The van der Waals surface area contributed by atoms with Crippen molar-refractivity contribution in [3.05, 3.63) is 48.0 Å². The monoisotopic (exact) mass is 583 g/mol. The van der Waals surface area contributed by atoms with E-state index in [0.717, 1.165) is 80.8 Å². The van der Waals surface area contributed by atoms with Gasteiger partial charge in [-0.05, 0) is 83.6 Å². The Morgan fingerprint density at radius 2 is 1.12 bits per heavy atom. The van der Waals surface area contributed by atoms with E-state index in [4.69, 9.17) is 9.47 Å². The second kappa shape index (κ2) is 17.6. The molecule has 0 aliphatic rings. The van der Waals surface area contributed by atoms with Gasteiger partial charge >= 0.3 is 12.2 Å². The number of hydrogen-bond donors (Lipinski definition) is 2. The number of fused-ring (bicyclic) bond motifs is 1. The van der Waals surface area contributed by atoms with Crippen LogP contribution in [0.15, 0.2) is 42.5 Å². The van der Waals surface area contributed by atoms with Crippen molar-refractivity contribution in [2.75, 3.05) is 26.2 Å². The molecule has 3 amide bonds. The average Bonchev–Trinajstić information content (AvgIpc) is 2.89. The number of amides is 3. The van der Waals surface area contributed by atoms with E-state index in [-0.39, 0.29) is 18.1 Å². The van der Waals surface area contributed by atoms with Crippen LogP contribution in [0, 0.1) is 0 Å². The van der Waals surface area contributed by atoms with Gasteiger partial charge in [0.25, 0.3) is 0 Å². The third kappa shape index (κ3) is 15.1. The Morgan fingerprint density at radius 1 is 0.643 bits per heavy atom. The van der Waals surface area contributed by atoms with Crippen LogP contribution in [-0.2, 0) is 20.7 Å². The molecule has 0 heterocycles. The Balaban J connectivity index is 1.79. The fraction of sp³-hybridized carbons (Fsp3) is 0.618. The highest BCUT2D eigenvalue weighted by molar-refractivity contribution is 5.90. The van der Waals surface area contributed by atoms with E-state index >= 15 is 0 Å². The summed E-state index contributed by atoms with van der Waals surface area (Å²) >= 11 is 0. The number of hydrogen-bond acceptors (Lipinski definition) is 5. The van der Waals surface area contributed by atoms with Gasteiger partial charge in [-0.2, -0.15) is 0 Å². The number of ether oxygens (including phenoxy) is 2. The minimum Gasteiger partial charge on any atom is -0.444 e. The van der Waals surface area contributed by atoms with Crippen LogP contribution < -0.4 is 10.6 Å². The zero-order chi connectivity index (χ0) is 31.0. The van der Waals surface area contributed by atoms with Gasteiger partial charge in [0.2, 0.25) is 5.91 Å². The summed E-state index contributed by atoms with van der Waals surface area (Å²) in [4.78, 5) is 39.1. The Labute approximate surface area is 252 Å². The highest BCUT2D eigenvalue weighted by Crippen LogP contribution is 2.20. The number of carbonyl (C=O) groups excluding carboxylic acids is 3.